The first kappa shape index (κ1) is 16.7. The van der Waals surface area contributed by atoms with Crippen molar-refractivity contribution in [3.8, 4) is 0 Å². The van der Waals surface area contributed by atoms with Crippen molar-refractivity contribution in [3.05, 3.63) is 34.3 Å². The maximum Gasteiger partial charge on any atom is 0.0392 e. The molecule has 0 saturated carbocycles. The fraction of sp³-hybridized carbons (Fsp3) is 0.647. The van der Waals surface area contributed by atoms with Gasteiger partial charge in [-0.25, -0.2) is 0 Å². The molecule has 0 aromatic heterocycles. The highest BCUT2D eigenvalue weighted by atomic mass is 79.9. The Bertz CT molecular complexity index is 360. The SMILES string of the molecule is CCCCCCCCCC(C)(N)c1ccccc1Br. The predicted molar refractivity (Wildman–Crippen MR) is 88.3 cm³/mol. The molecule has 0 amide bonds. The molecule has 1 rings (SSSR count). The summed E-state index contributed by atoms with van der Waals surface area (Å²) in [5.41, 5.74) is 7.48. The molecule has 0 spiro atoms. The average molecular weight is 326 g/mol. The lowest BCUT2D eigenvalue weighted by Crippen LogP contribution is -2.33. The Kier molecular flexibility index (Phi) is 7.70. The van der Waals surface area contributed by atoms with Gasteiger partial charge < -0.3 is 5.73 Å². The first-order valence-electron chi connectivity index (χ1n) is 7.62. The van der Waals surface area contributed by atoms with Crippen LogP contribution in [-0.2, 0) is 5.54 Å². The van der Waals surface area contributed by atoms with Crippen molar-refractivity contribution in [2.24, 2.45) is 5.73 Å². The summed E-state index contributed by atoms with van der Waals surface area (Å²) in [6.07, 6.45) is 10.4. The van der Waals surface area contributed by atoms with Gasteiger partial charge in [0.2, 0.25) is 0 Å². The summed E-state index contributed by atoms with van der Waals surface area (Å²) in [6, 6.07) is 8.31. The third-order valence-corrected chi connectivity index (χ3v) is 4.48. The monoisotopic (exact) mass is 325 g/mol. The van der Waals surface area contributed by atoms with Gasteiger partial charge in [0, 0.05) is 10.0 Å². The Balaban J connectivity index is 2.30. The van der Waals surface area contributed by atoms with Gasteiger partial charge in [0.05, 0.1) is 0 Å². The Morgan fingerprint density at radius 2 is 1.58 bits per heavy atom. The van der Waals surface area contributed by atoms with Crippen molar-refractivity contribution < 1.29 is 0 Å². The van der Waals surface area contributed by atoms with Gasteiger partial charge in [-0.05, 0) is 25.0 Å². The molecule has 0 heterocycles. The first-order valence-corrected chi connectivity index (χ1v) is 8.41. The molecule has 2 N–H and O–H groups in total. The van der Waals surface area contributed by atoms with Crippen molar-refractivity contribution in [3.63, 3.8) is 0 Å². The molecule has 0 fully saturated rings. The van der Waals surface area contributed by atoms with E-state index >= 15 is 0 Å². The topological polar surface area (TPSA) is 26.0 Å². The number of unbranched alkanes of at least 4 members (excludes halogenated alkanes) is 6. The molecule has 2 heteroatoms. The van der Waals surface area contributed by atoms with E-state index in [4.69, 9.17) is 5.73 Å². The van der Waals surface area contributed by atoms with Gasteiger partial charge in [-0.1, -0.05) is 86.0 Å². The molecule has 1 unspecified atom stereocenters. The zero-order valence-corrected chi connectivity index (χ0v) is 14.0. The summed E-state index contributed by atoms with van der Waals surface area (Å²) >= 11 is 3.60. The Morgan fingerprint density at radius 3 is 2.21 bits per heavy atom. The van der Waals surface area contributed by atoms with Crippen LogP contribution in [0.25, 0.3) is 0 Å². The number of hydrogen-bond acceptors (Lipinski definition) is 1. The van der Waals surface area contributed by atoms with E-state index in [0.29, 0.717) is 0 Å². The second-order valence-electron chi connectivity index (χ2n) is 5.77. The normalized spacial score (nSPS) is 14.3. The summed E-state index contributed by atoms with van der Waals surface area (Å²) in [4.78, 5) is 0. The van der Waals surface area contributed by atoms with E-state index in [0.717, 1.165) is 10.9 Å². The van der Waals surface area contributed by atoms with Gasteiger partial charge in [0.1, 0.15) is 0 Å². The van der Waals surface area contributed by atoms with Crippen LogP contribution < -0.4 is 5.73 Å². The predicted octanol–water partition coefficient (Wildman–Crippen LogP) is 5.76. The van der Waals surface area contributed by atoms with Crippen molar-refractivity contribution in [1.82, 2.24) is 0 Å². The number of halogens is 1. The lowest BCUT2D eigenvalue weighted by Gasteiger charge is -2.26. The fourth-order valence-electron chi connectivity index (χ4n) is 2.51. The minimum atomic E-state index is -0.219. The van der Waals surface area contributed by atoms with E-state index in [1.165, 1.54) is 50.5 Å². The average Bonchev–Trinajstić information content (AvgIpc) is 2.38. The quantitative estimate of drug-likeness (QED) is 0.573. The van der Waals surface area contributed by atoms with Crippen LogP contribution in [0.1, 0.15) is 70.8 Å². The molecule has 1 nitrogen and oxygen atoms in total. The van der Waals surface area contributed by atoms with Gasteiger partial charge in [0.15, 0.2) is 0 Å². The van der Waals surface area contributed by atoms with Crippen molar-refractivity contribution in [1.29, 1.82) is 0 Å². The molecule has 1 aromatic carbocycles. The largest absolute Gasteiger partial charge is 0.322 e. The summed E-state index contributed by atoms with van der Waals surface area (Å²) in [5, 5.41) is 0. The van der Waals surface area contributed by atoms with Crippen molar-refractivity contribution >= 4 is 15.9 Å². The molecule has 1 atom stereocenters. The van der Waals surface area contributed by atoms with E-state index in [1.807, 2.05) is 6.07 Å². The highest BCUT2D eigenvalue weighted by Crippen LogP contribution is 2.30. The molecule has 1 aromatic rings. The minimum Gasteiger partial charge on any atom is -0.322 e. The van der Waals surface area contributed by atoms with Gasteiger partial charge in [-0.3, -0.25) is 0 Å². The van der Waals surface area contributed by atoms with E-state index in [-0.39, 0.29) is 5.54 Å². The molecule has 0 aliphatic carbocycles. The molecule has 0 aliphatic rings. The smallest absolute Gasteiger partial charge is 0.0392 e. The summed E-state index contributed by atoms with van der Waals surface area (Å²) in [7, 11) is 0. The van der Waals surface area contributed by atoms with Crippen LogP contribution >= 0.6 is 15.9 Å². The maximum atomic E-state index is 6.47. The van der Waals surface area contributed by atoms with Gasteiger partial charge in [-0.15, -0.1) is 0 Å². The van der Waals surface area contributed by atoms with Gasteiger partial charge >= 0.3 is 0 Å². The molecular weight excluding hydrogens is 298 g/mol. The second-order valence-corrected chi connectivity index (χ2v) is 6.62. The summed E-state index contributed by atoms with van der Waals surface area (Å²) in [5.74, 6) is 0. The maximum absolute atomic E-state index is 6.47. The van der Waals surface area contributed by atoms with Gasteiger partial charge in [0.25, 0.3) is 0 Å². The summed E-state index contributed by atoms with van der Waals surface area (Å²) in [6.45, 7) is 4.40. The van der Waals surface area contributed by atoms with Crippen LogP contribution in [0.4, 0.5) is 0 Å². The Hall–Kier alpha value is -0.340. The third kappa shape index (κ3) is 6.09. The fourth-order valence-corrected chi connectivity index (χ4v) is 3.25. The Labute approximate surface area is 127 Å². The lowest BCUT2D eigenvalue weighted by molar-refractivity contribution is 0.419. The standard InChI is InChI=1S/C17H28BrN/c1-3-4-5-6-7-8-11-14-17(2,19)15-12-9-10-13-16(15)18/h9-10,12-13H,3-8,11,14,19H2,1-2H3. The highest BCUT2D eigenvalue weighted by molar-refractivity contribution is 9.10. The molecular formula is C17H28BrN. The minimum absolute atomic E-state index is 0.219. The second kappa shape index (κ2) is 8.76. The third-order valence-electron chi connectivity index (χ3n) is 3.79. The number of rotatable bonds is 9. The molecule has 19 heavy (non-hydrogen) atoms. The number of nitrogens with two attached hydrogens (primary N) is 1. The van der Waals surface area contributed by atoms with E-state index in [2.05, 4.69) is 48.0 Å². The lowest BCUT2D eigenvalue weighted by atomic mass is 9.87. The van der Waals surface area contributed by atoms with Crippen LogP contribution in [0, 0.1) is 0 Å². The molecule has 0 radical (unpaired) electrons. The van der Waals surface area contributed by atoms with E-state index < -0.39 is 0 Å². The van der Waals surface area contributed by atoms with Crippen LogP contribution in [-0.4, -0.2) is 0 Å². The number of benzene rings is 1. The van der Waals surface area contributed by atoms with Crippen LogP contribution in [0.3, 0.4) is 0 Å². The van der Waals surface area contributed by atoms with Gasteiger partial charge in [-0.2, -0.15) is 0 Å². The molecule has 0 saturated heterocycles. The summed E-state index contributed by atoms with van der Waals surface area (Å²) < 4.78 is 1.13. The van der Waals surface area contributed by atoms with Crippen LogP contribution in [0.5, 0.6) is 0 Å². The molecule has 0 aliphatic heterocycles. The van der Waals surface area contributed by atoms with Crippen molar-refractivity contribution in [2.45, 2.75) is 70.8 Å². The molecule has 108 valence electrons. The highest BCUT2D eigenvalue weighted by Gasteiger charge is 2.22. The first-order chi connectivity index (χ1) is 9.08. The van der Waals surface area contributed by atoms with E-state index in [9.17, 15) is 0 Å². The van der Waals surface area contributed by atoms with Crippen molar-refractivity contribution in [2.75, 3.05) is 0 Å². The van der Waals surface area contributed by atoms with Crippen LogP contribution in [0.2, 0.25) is 0 Å². The number of hydrogen-bond donors (Lipinski definition) is 1. The molecule has 0 bridgehead atoms. The Morgan fingerprint density at radius 1 is 1.00 bits per heavy atom. The van der Waals surface area contributed by atoms with Crippen LogP contribution in [0.15, 0.2) is 28.7 Å². The van der Waals surface area contributed by atoms with E-state index in [1.54, 1.807) is 0 Å². The zero-order chi connectivity index (χ0) is 14.1. The zero-order valence-electron chi connectivity index (χ0n) is 12.4.